The van der Waals surface area contributed by atoms with E-state index in [2.05, 4.69) is 15.7 Å². The van der Waals surface area contributed by atoms with E-state index in [0.29, 0.717) is 55.9 Å². The molecule has 4 N–H and O–H groups in total. The van der Waals surface area contributed by atoms with Crippen LogP contribution in [0.3, 0.4) is 0 Å². The number of imide groups is 1. The van der Waals surface area contributed by atoms with Crippen LogP contribution in [-0.2, 0) is 22.2 Å². The number of methoxy groups -OCH3 is 1. The summed E-state index contributed by atoms with van der Waals surface area (Å²) < 4.78 is 52.0. The molecule has 2 atom stereocenters. The van der Waals surface area contributed by atoms with Crippen LogP contribution in [-0.4, -0.2) is 83.9 Å². The van der Waals surface area contributed by atoms with Crippen molar-refractivity contribution in [3.8, 4) is 28.4 Å². The highest BCUT2D eigenvalue weighted by Gasteiger charge is 2.50. The SMILES string of the molecule is COc1ccc(C(N)=O)c(-c2c(Cl)c(F)cc3c2C(C)C(CNC2CCN(C(=O)C4CC(Oc5cccc6c(N7CCC(=O)NC7=O)nn(C)c56)C4)CC2)(c2ccccc2)O3)c1F. The molecule has 2 unspecified atom stereocenters. The predicted octanol–water partition coefficient (Wildman–Crippen LogP) is 6.56. The third-order valence-corrected chi connectivity index (χ3v) is 13.4. The number of aryl methyl sites for hydroxylation is 1. The zero-order valence-electron chi connectivity index (χ0n) is 34.9. The number of urea groups is 1. The number of rotatable bonds is 11. The number of piperidine rings is 1. The van der Waals surface area contributed by atoms with Gasteiger partial charge in [-0.25, -0.2) is 13.6 Å². The number of nitrogens with one attached hydrogen (secondary N) is 2. The summed E-state index contributed by atoms with van der Waals surface area (Å²) in [6.45, 7) is 3.52. The fraction of sp³-hybridized carbons (Fsp3) is 0.370. The number of carbonyl (C=O) groups excluding carboxylic acids is 4. The number of amides is 5. The van der Waals surface area contributed by atoms with E-state index in [1.807, 2.05) is 60.4 Å². The minimum atomic E-state index is -1.10. The van der Waals surface area contributed by atoms with Gasteiger partial charge in [-0.05, 0) is 55.5 Å². The zero-order valence-corrected chi connectivity index (χ0v) is 35.6. The van der Waals surface area contributed by atoms with E-state index in [4.69, 9.17) is 31.5 Å². The number of carbonyl (C=O) groups is 4. The molecular weight excluding hydrogens is 836 g/mol. The molecule has 3 fully saturated rings. The maximum Gasteiger partial charge on any atom is 0.329 e. The minimum Gasteiger partial charge on any atom is -0.494 e. The molecule has 1 saturated carbocycles. The van der Waals surface area contributed by atoms with Crippen LogP contribution in [0.4, 0.5) is 19.4 Å². The second-order valence-corrected chi connectivity index (χ2v) is 17.0. The van der Waals surface area contributed by atoms with Crippen molar-refractivity contribution in [2.24, 2.45) is 18.7 Å². The topological polar surface area (TPSA) is 170 Å². The number of ether oxygens (including phenoxy) is 3. The lowest BCUT2D eigenvalue weighted by Crippen LogP contribution is -2.53. The molecular formula is C46H46ClF2N7O7. The number of aromatic nitrogens is 2. The van der Waals surface area contributed by atoms with Crippen LogP contribution < -0.4 is 35.5 Å². The van der Waals surface area contributed by atoms with Crippen LogP contribution in [0.1, 0.15) is 66.4 Å². The van der Waals surface area contributed by atoms with Crippen molar-refractivity contribution in [2.45, 2.75) is 62.7 Å². The summed E-state index contributed by atoms with van der Waals surface area (Å²) in [7, 11) is 3.07. The molecule has 5 amide bonds. The number of hydrogen-bond acceptors (Lipinski definition) is 9. The van der Waals surface area contributed by atoms with Gasteiger partial charge in [0.05, 0.1) is 17.7 Å². The van der Waals surface area contributed by atoms with Crippen molar-refractivity contribution < 1.29 is 42.2 Å². The summed E-state index contributed by atoms with van der Waals surface area (Å²) in [6, 6.07) is 18.4. The Kier molecular flexibility index (Phi) is 11.0. The number of fused-ring (bicyclic) bond motifs is 2. The number of para-hydroxylation sites is 1. The highest BCUT2D eigenvalue weighted by Crippen LogP contribution is 2.56. The van der Waals surface area contributed by atoms with Crippen LogP contribution in [0.5, 0.6) is 17.2 Å². The van der Waals surface area contributed by atoms with Crippen LogP contribution in [0.2, 0.25) is 5.02 Å². The molecule has 328 valence electrons. The van der Waals surface area contributed by atoms with Crippen LogP contribution >= 0.6 is 11.6 Å². The molecule has 0 bridgehead atoms. The number of likely N-dealkylation sites (tertiary alicyclic amines) is 1. The average molecular weight is 882 g/mol. The van der Waals surface area contributed by atoms with E-state index in [-0.39, 0.29) is 82.6 Å². The molecule has 3 aliphatic heterocycles. The lowest BCUT2D eigenvalue weighted by atomic mass is 9.77. The normalized spacial score (nSPS) is 22.3. The first-order valence-corrected chi connectivity index (χ1v) is 21.4. The molecule has 4 aromatic carbocycles. The quantitative estimate of drug-likeness (QED) is 0.133. The summed E-state index contributed by atoms with van der Waals surface area (Å²) in [5.74, 6) is -2.55. The third-order valence-electron chi connectivity index (χ3n) is 13.1. The van der Waals surface area contributed by atoms with E-state index in [1.54, 1.807) is 11.7 Å². The highest BCUT2D eigenvalue weighted by atomic mass is 35.5. The Morgan fingerprint density at radius 2 is 1.76 bits per heavy atom. The Balaban J connectivity index is 0.866. The zero-order chi connectivity index (χ0) is 44.3. The van der Waals surface area contributed by atoms with E-state index in [0.717, 1.165) is 16.5 Å². The first kappa shape index (κ1) is 42.1. The molecule has 4 aliphatic rings. The molecule has 4 heterocycles. The molecule has 63 heavy (non-hydrogen) atoms. The summed E-state index contributed by atoms with van der Waals surface area (Å²) in [4.78, 5) is 54.1. The number of benzene rings is 4. The number of halogens is 3. The Bertz CT molecular complexity index is 2670. The van der Waals surface area contributed by atoms with Crippen molar-refractivity contribution in [1.82, 2.24) is 25.3 Å². The molecule has 1 aliphatic carbocycles. The maximum atomic E-state index is 16.2. The van der Waals surface area contributed by atoms with Gasteiger partial charge in [-0.15, -0.1) is 0 Å². The van der Waals surface area contributed by atoms with Crippen LogP contribution in [0, 0.1) is 17.6 Å². The summed E-state index contributed by atoms with van der Waals surface area (Å²) >= 11 is 6.67. The highest BCUT2D eigenvalue weighted by molar-refractivity contribution is 6.34. The van der Waals surface area contributed by atoms with Crippen molar-refractivity contribution in [3.63, 3.8) is 0 Å². The number of hydrogen-bond donors (Lipinski definition) is 3. The van der Waals surface area contributed by atoms with Gasteiger partial charge in [0.2, 0.25) is 17.7 Å². The molecule has 2 saturated heterocycles. The van der Waals surface area contributed by atoms with Gasteiger partial charge in [-0.2, -0.15) is 5.10 Å². The monoisotopic (exact) mass is 881 g/mol. The molecule has 1 aromatic heterocycles. The summed E-state index contributed by atoms with van der Waals surface area (Å²) in [6.07, 6.45) is 2.51. The van der Waals surface area contributed by atoms with Crippen LogP contribution in [0.15, 0.2) is 66.7 Å². The Labute approximate surface area is 366 Å². The van der Waals surface area contributed by atoms with Gasteiger partial charge in [0.15, 0.2) is 23.0 Å². The number of nitrogens with zero attached hydrogens (tertiary/aromatic N) is 4. The third kappa shape index (κ3) is 7.28. The van der Waals surface area contributed by atoms with Crippen molar-refractivity contribution in [2.75, 3.05) is 38.2 Å². The molecule has 5 aromatic rings. The van der Waals surface area contributed by atoms with Gasteiger partial charge < -0.3 is 30.2 Å². The van der Waals surface area contributed by atoms with Gasteiger partial charge >= 0.3 is 6.03 Å². The molecule has 0 spiro atoms. The Hall–Kier alpha value is -6.26. The van der Waals surface area contributed by atoms with E-state index in [1.165, 1.54) is 30.2 Å². The van der Waals surface area contributed by atoms with E-state index < -0.39 is 35.1 Å². The minimum absolute atomic E-state index is 0.0180. The lowest BCUT2D eigenvalue weighted by molar-refractivity contribution is -0.142. The van der Waals surface area contributed by atoms with Gasteiger partial charge in [0, 0.05) is 85.7 Å². The van der Waals surface area contributed by atoms with E-state index >= 15 is 8.78 Å². The van der Waals surface area contributed by atoms with Crippen molar-refractivity contribution >= 4 is 52.1 Å². The largest absolute Gasteiger partial charge is 0.494 e. The van der Waals surface area contributed by atoms with E-state index in [9.17, 15) is 19.2 Å². The smallest absolute Gasteiger partial charge is 0.329 e. The average Bonchev–Trinajstić information content (AvgIpc) is 3.75. The predicted molar refractivity (Wildman–Crippen MR) is 230 cm³/mol. The number of anilines is 1. The molecule has 9 rings (SSSR count). The first-order valence-electron chi connectivity index (χ1n) is 21.0. The van der Waals surface area contributed by atoms with Gasteiger partial charge in [-0.3, -0.25) is 29.3 Å². The summed E-state index contributed by atoms with van der Waals surface area (Å²) in [5, 5.41) is 11.0. The van der Waals surface area contributed by atoms with Crippen molar-refractivity contribution in [3.05, 3.63) is 100 Å². The molecule has 14 nitrogen and oxygen atoms in total. The van der Waals surface area contributed by atoms with Gasteiger partial charge in [0.1, 0.15) is 28.9 Å². The van der Waals surface area contributed by atoms with Crippen LogP contribution in [0.25, 0.3) is 22.0 Å². The van der Waals surface area contributed by atoms with Gasteiger partial charge in [-0.1, -0.05) is 54.9 Å². The molecule has 17 heteroatoms. The summed E-state index contributed by atoms with van der Waals surface area (Å²) in [5.41, 5.74) is 6.09. The maximum absolute atomic E-state index is 16.2. The standard InChI is InChI=1S/C46H46ClF2N7O7/c1-24-36-34(22-31(48)39(47)38(36)37-29(42(50)58)12-13-32(61-3)40(37)49)63-46(24,26-8-5-4-6-9-26)23-51-27-14-17-55(18-15-27)44(59)25-20-28(21-25)62-33-11-7-10-30-41(33)54(2)53-43(30)56-19-16-35(57)52-45(56)60/h4-13,22,24-25,27-28,51H,14-21,23H2,1-3H3,(H2,50,58)(H,52,57,60). The Morgan fingerprint density at radius 3 is 2.46 bits per heavy atom. The number of nitrogens with two attached hydrogens (primary N) is 1. The Morgan fingerprint density at radius 1 is 1.02 bits per heavy atom. The second kappa shape index (κ2) is 16.5. The fourth-order valence-electron chi connectivity index (χ4n) is 9.62. The second-order valence-electron chi connectivity index (χ2n) is 16.7. The molecule has 0 radical (unpaired) electrons. The fourth-order valence-corrected chi connectivity index (χ4v) is 9.87. The first-order chi connectivity index (χ1) is 30.3. The lowest BCUT2D eigenvalue weighted by Gasteiger charge is -2.41. The van der Waals surface area contributed by atoms with Crippen molar-refractivity contribution in [1.29, 1.82) is 0 Å². The number of primary amides is 1. The van der Waals surface area contributed by atoms with Gasteiger partial charge in [0.25, 0.3) is 0 Å².